The van der Waals surface area contributed by atoms with E-state index in [-0.39, 0.29) is 12.6 Å². The molecule has 0 bridgehead atoms. The molecular weight excluding hydrogens is 204 g/mol. The van der Waals surface area contributed by atoms with Crippen molar-refractivity contribution < 1.29 is 9.63 Å². The second kappa shape index (κ2) is 4.97. The molecule has 0 saturated heterocycles. The Kier molecular flexibility index (Phi) is 3.61. The van der Waals surface area contributed by atoms with Crippen LogP contribution in [0.25, 0.3) is 0 Å². The molecule has 90 valence electrons. The molecule has 0 saturated carbocycles. The van der Waals surface area contributed by atoms with Crippen LogP contribution in [0.15, 0.2) is 4.52 Å². The molecule has 1 aromatic heterocycles. The lowest BCUT2D eigenvalue weighted by Gasteiger charge is -2.22. The summed E-state index contributed by atoms with van der Waals surface area (Å²) in [5, 5.41) is 13.2. The predicted molar refractivity (Wildman–Crippen MR) is 61.2 cm³/mol. The number of aliphatic hydroxyl groups is 1. The zero-order valence-corrected chi connectivity index (χ0v) is 10.1. The first kappa shape index (κ1) is 11.6. The Morgan fingerprint density at radius 2 is 2.19 bits per heavy atom. The lowest BCUT2D eigenvalue weighted by atomic mass is 9.96. The molecule has 16 heavy (non-hydrogen) atoms. The molecule has 0 radical (unpaired) electrons. The van der Waals surface area contributed by atoms with E-state index in [1.807, 2.05) is 14.0 Å². The van der Waals surface area contributed by atoms with E-state index in [1.165, 1.54) is 18.4 Å². The van der Waals surface area contributed by atoms with E-state index in [0.717, 1.165) is 30.8 Å². The lowest BCUT2D eigenvalue weighted by Crippen LogP contribution is -2.31. The summed E-state index contributed by atoms with van der Waals surface area (Å²) in [6.07, 6.45) is 4.57. The van der Waals surface area contributed by atoms with E-state index in [0.29, 0.717) is 0 Å². The van der Waals surface area contributed by atoms with Crippen molar-refractivity contribution in [2.24, 2.45) is 0 Å². The van der Waals surface area contributed by atoms with E-state index < -0.39 is 0 Å². The zero-order valence-electron chi connectivity index (χ0n) is 10.1. The van der Waals surface area contributed by atoms with Crippen LogP contribution in [0, 0.1) is 0 Å². The Morgan fingerprint density at radius 3 is 2.94 bits per heavy atom. The second-order valence-electron chi connectivity index (χ2n) is 4.68. The van der Waals surface area contributed by atoms with Gasteiger partial charge in [-0.25, -0.2) is 0 Å². The van der Waals surface area contributed by atoms with Crippen molar-refractivity contribution in [2.45, 2.75) is 45.2 Å². The molecule has 0 spiro atoms. The Labute approximate surface area is 96.2 Å². The van der Waals surface area contributed by atoms with E-state index >= 15 is 0 Å². The van der Waals surface area contributed by atoms with Crippen LogP contribution in [0.2, 0.25) is 0 Å². The third kappa shape index (κ3) is 2.28. The molecule has 4 heteroatoms. The van der Waals surface area contributed by atoms with Crippen molar-refractivity contribution in [2.75, 3.05) is 13.7 Å². The number of aryl methyl sites for hydroxylation is 1. The van der Waals surface area contributed by atoms with Crippen LogP contribution in [-0.2, 0) is 19.4 Å². The number of hydrogen-bond donors (Lipinski definition) is 1. The van der Waals surface area contributed by atoms with E-state index in [4.69, 9.17) is 9.63 Å². The number of nitrogens with zero attached hydrogens (tertiary/aromatic N) is 2. The number of aliphatic hydroxyl groups excluding tert-OH is 1. The fraction of sp³-hybridized carbons (Fsp3) is 0.750. The minimum atomic E-state index is 0.163. The molecule has 4 nitrogen and oxygen atoms in total. The Hall–Kier alpha value is -0.870. The molecule has 1 unspecified atom stereocenters. The number of aromatic nitrogens is 1. The normalized spacial score (nSPS) is 17.5. The van der Waals surface area contributed by atoms with Crippen molar-refractivity contribution in [3.63, 3.8) is 0 Å². The van der Waals surface area contributed by atoms with Crippen LogP contribution in [0.5, 0.6) is 0 Å². The third-order valence-corrected chi connectivity index (χ3v) is 3.45. The Balaban J connectivity index is 2.07. The summed E-state index contributed by atoms with van der Waals surface area (Å²) < 4.78 is 5.36. The van der Waals surface area contributed by atoms with Gasteiger partial charge in [-0.3, -0.25) is 4.90 Å². The quantitative estimate of drug-likeness (QED) is 0.839. The average molecular weight is 224 g/mol. The Morgan fingerprint density at radius 1 is 1.44 bits per heavy atom. The van der Waals surface area contributed by atoms with Gasteiger partial charge in [-0.2, -0.15) is 0 Å². The largest absolute Gasteiger partial charge is 0.395 e. The summed E-state index contributed by atoms with van der Waals surface area (Å²) in [6, 6.07) is 0.163. The van der Waals surface area contributed by atoms with Crippen molar-refractivity contribution >= 4 is 0 Å². The summed E-state index contributed by atoms with van der Waals surface area (Å²) >= 11 is 0. The van der Waals surface area contributed by atoms with Gasteiger partial charge in [0.25, 0.3) is 0 Å². The minimum Gasteiger partial charge on any atom is -0.395 e. The molecule has 0 fully saturated rings. The van der Waals surface area contributed by atoms with E-state index in [2.05, 4.69) is 10.1 Å². The smallest absolute Gasteiger partial charge is 0.140 e. The number of likely N-dealkylation sites (N-methyl/N-ethyl adjacent to an activating group) is 1. The first-order valence-corrected chi connectivity index (χ1v) is 5.99. The molecule has 1 heterocycles. The summed E-state index contributed by atoms with van der Waals surface area (Å²) in [5.74, 6) is 1.08. The van der Waals surface area contributed by atoms with Crippen LogP contribution in [0.3, 0.4) is 0 Å². The van der Waals surface area contributed by atoms with Crippen LogP contribution >= 0.6 is 0 Å². The highest BCUT2D eigenvalue weighted by Crippen LogP contribution is 2.25. The van der Waals surface area contributed by atoms with Crippen molar-refractivity contribution in [1.82, 2.24) is 10.1 Å². The highest BCUT2D eigenvalue weighted by Gasteiger charge is 2.21. The predicted octanol–water partition coefficient (Wildman–Crippen LogP) is 1.37. The number of hydrogen-bond acceptors (Lipinski definition) is 4. The first-order chi connectivity index (χ1) is 7.72. The van der Waals surface area contributed by atoms with Gasteiger partial charge in [-0.1, -0.05) is 5.16 Å². The van der Waals surface area contributed by atoms with Crippen LogP contribution < -0.4 is 0 Å². The molecule has 1 aromatic rings. The molecule has 0 aliphatic heterocycles. The second-order valence-corrected chi connectivity index (χ2v) is 4.68. The maximum atomic E-state index is 9.09. The summed E-state index contributed by atoms with van der Waals surface area (Å²) in [4.78, 5) is 2.10. The van der Waals surface area contributed by atoms with Gasteiger partial charge >= 0.3 is 0 Å². The highest BCUT2D eigenvalue weighted by molar-refractivity contribution is 5.25. The van der Waals surface area contributed by atoms with Gasteiger partial charge in [0, 0.05) is 24.6 Å². The third-order valence-electron chi connectivity index (χ3n) is 3.45. The average Bonchev–Trinajstić information content (AvgIpc) is 2.72. The molecule has 1 atom stereocenters. The minimum absolute atomic E-state index is 0.163. The molecular formula is C12H20N2O2. The number of fused-ring (bicyclic) bond motifs is 1. The topological polar surface area (TPSA) is 49.5 Å². The van der Waals surface area contributed by atoms with Gasteiger partial charge in [0.1, 0.15) is 11.5 Å². The molecule has 0 aromatic carbocycles. The fourth-order valence-corrected chi connectivity index (χ4v) is 2.10. The fourth-order valence-electron chi connectivity index (χ4n) is 2.10. The first-order valence-electron chi connectivity index (χ1n) is 5.99. The van der Waals surface area contributed by atoms with Crippen LogP contribution in [0.4, 0.5) is 0 Å². The standard InChI is InChI=1S/C12H20N2O2/c1-9(8-15)14(2)7-11-10-5-3-4-6-12(10)16-13-11/h9,15H,3-8H2,1-2H3. The lowest BCUT2D eigenvalue weighted by molar-refractivity contribution is 0.151. The zero-order chi connectivity index (χ0) is 11.5. The van der Waals surface area contributed by atoms with E-state index in [9.17, 15) is 0 Å². The molecule has 1 aliphatic rings. The number of rotatable bonds is 4. The molecule has 0 amide bonds. The summed E-state index contributed by atoms with van der Waals surface area (Å²) in [7, 11) is 2.00. The van der Waals surface area contributed by atoms with Crippen LogP contribution in [0.1, 0.15) is 36.8 Å². The van der Waals surface area contributed by atoms with Crippen molar-refractivity contribution in [3.05, 3.63) is 17.0 Å². The van der Waals surface area contributed by atoms with Gasteiger partial charge < -0.3 is 9.63 Å². The SMILES string of the molecule is CC(CO)N(C)Cc1noc2c1CCCC2. The van der Waals surface area contributed by atoms with Gasteiger partial charge in [-0.05, 0) is 33.2 Å². The van der Waals surface area contributed by atoms with Crippen molar-refractivity contribution in [1.29, 1.82) is 0 Å². The van der Waals surface area contributed by atoms with Crippen molar-refractivity contribution in [3.8, 4) is 0 Å². The summed E-state index contributed by atoms with van der Waals surface area (Å²) in [6.45, 7) is 2.95. The Bertz CT molecular complexity index is 349. The highest BCUT2D eigenvalue weighted by atomic mass is 16.5. The van der Waals surface area contributed by atoms with Gasteiger partial charge in [0.05, 0.1) is 6.61 Å². The maximum Gasteiger partial charge on any atom is 0.140 e. The van der Waals surface area contributed by atoms with Gasteiger partial charge in [-0.15, -0.1) is 0 Å². The molecule has 2 rings (SSSR count). The molecule has 1 N–H and O–H groups in total. The van der Waals surface area contributed by atoms with Crippen LogP contribution in [-0.4, -0.2) is 34.9 Å². The summed E-state index contributed by atoms with van der Waals surface area (Å²) in [5.41, 5.74) is 2.36. The monoisotopic (exact) mass is 224 g/mol. The maximum absolute atomic E-state index is 9.09. The van der Waals surface area contributed by atoms with Gasteiger partial charge in [0.2, 0.25) is 0 Å². The van der Waals surface area contributed by atoms with E-state index in [1.54, 1.807) is 0 Å². The molecule has 1 aliphatic carbocycles. The van der Waals surface area contributed by atoms with Gasteiger partial charge in [0.15, 0.2) is 0 Å².